The van der Waals surface area contributed by atoms with Crippen molar-refractivity contribution >= 4 is 17.4 Å². The minimum Gasteiger partial charge on any atom is -0.258 e. The summed E-state index contributed by atoms with van der Waals surface area (Å²) in [6.45, 7) is 4.26. The lowest BCUT2D eigenvalue weighted by Gasteiger charge is -2.03. The maximum Gasteiger partial charge on any atom is 0.301 e. The van der Waals surface area contributed by atoms with Gasteiger partial charge in [0, 0.05) is 12.3 Å². The third-order valence-electron chi connectivity index (χ3n) is 1.88. The SMILES string of the molecule is CC(C)CCSc1ncccc1[N+](=O)[O-]. The third kappa shape index (κ3) is 3.87. The molecule has 0 unspecified atom stereocenters. The fraction of sp³-hybridized carbons (Fsp3) is 0.500. The van der Waals surface area contributed by atoms with Crippen LogP contribution < -0.4 is 0 Å². The van der Waals surface area contributed by atoms with Crippen molar-refractivity contribution in [3.05, 3.63) is 28.4 Å². The fourth-order valence-corrected chi connectivity index (χ4v) is 2.23. The quantitative estimate of drug-likeness (QED) is 0.439. The zero-order chi connectivity index (χ0) is 11.3. The van der Waals surface area contributed by atoms with Gasteiger partial charge in [-0.1, -0.05) is 25.6 Å². The summed E-state index contributed by atoms with van der Waals surface area (Å²) < 4.78 is 0. The number of thioether (sulfide) groups is 1. The predicted molar refractivity (Wildman–Crippen MR) is 61.1 cm³/mol. The Bertz CT molecular complexity index is 342. The van der Waals surface area contributed by atoms with Gasteiger partial charge < -0.3 is 0 Å². The molecule has 0 aliphatic carbocycles. The Hall–Kier alpha value is -1.10. The van der Waals surface area contributed by atoms with E-state index in [9.17, 15) is 10.1 Å². The molecule has 15 heavy (non-hydrogen) atoms. The van der Waals surface area contributed by atoms with E-state index in [-0.39, 0.29) is 10.6 Å². The first-order valence-corrected chi connectivity index (χ1v) is 5.82. The van der Waals surface area contributed by atoms with Gasteiger partial charge in [-0.15, -0.1) is 0 Å². The molecule has 1 aromatic rings. The Morgan fingerprint density at radius 1 is 1.60 bits per heavy atom. The van der Waals surface area contributed by atoms with Crippen molar-refractivity contribution in [1.29, 1.82) is 0 Å². The van der Waals surface area contributed by atoms with E-state index < -0.39 is 0 Å². The van der Waals surface area contributed by atoms with E-state index in [4.69, 9.17) is 0 Å². The van der Waals surface area contributed by atoms with Crippen LogP contribution in [0.2, 0.25) is 0 Å². The summed E-state index contributed by atoms with van der Waals surface area (Å²) in [5, 5.41) is 11.2. The van der Waals surface area contributed by atoms with Crippen LogP contribution in [0.1, 0.15) is 20.3 Å². The van der Waals surface area contributed by atoms with Crippen LogP contribution in [0.25, 0.3) is 0 Å². The second-order valence-corrected chi connectivity index (χ2v) is 4.70. The molecule has 0 aromatic carbocycles. The van der Waals surface area contributed by atoms with E-state index in [0.29, 0.717) is 10.9 Å². The normalized spacial score (nSPS) is 10.6. The van der Waals surface area contributed by atoms with Gasteiger partial charge in [0.1, 0.15) is 0 Å². The lowest BCUT2D eigenvalue weighted by molar-refractivity contribution is -0.388. The summed E-state index contributed by atoms with van der Waals surface area (Å²) >= 11 is 1.45. The smallest absolute Gasteiger partial charge is 0.258 e. The fourth-order valence-electron chi connectivity index (χ4n) is 1.02. The molecule has 0 saturated carbocycles. The molecule has 0 saturated heterocycles. The molecule has 5 heteroatoms. The third-order valence-corrected chi connectivity index (χ3v) is 2.91. The number of nitro groups is 1. The molecule has 0 atom stereocenters. The van der Waals surface area contributed by atoms with E-state index in [1.807, 2.05) is 0 Å². The molecule has 0 spiro atoms. The number of rotatable bonds is 5. The first-order chi connectivity index (χ1) is 7.11. The Morgan fingerprint density at radius 3 is 2.93 bits per heavy atom. The van der Waals surface area contributed by atoms with Crippen molar-refractivity contribution < 1.29 is 4.92 Å². The molecule has 1 aromatic heterocycles. The maximum atomic E-state index is 10.7. The molecule has 82 valence electrons. The zero-order valence-corrected chi connectivity index (χ0v) is 9.66. The van der Waals surface area contributed by atoms with Gasteiger partial charge in [-0.25, -0.2) is 4.98 Å². The average molecular weight is 226 g/mol. The summed E-state index contributed by atoms with van der Waals surface area (Å²) in [5.74, 6) is 1.48. The van der Waals surface area contributed by atoms with Crippen molar-refractivity contribution in [2.24, 2.45) is 5.92 Å². The summed E-state index contributed by atoms with van der Waals surface area (Å²) in [7, 11) is 0. The average Bonchev–Trinajstić information content (AvgIpc) is 2.17. The summed E-state index contributed by atoms with van der Waals surface area (Å²) in [5.41, 5.74) is 0.103. The molecule has 1 heterocycles. The molecular formula is C10H14N2O2S. The van der Waals surface area contributed by atoms with Gasteiger partial charge in [0.15, 0.2) is 5.03 Å². The van der Waals surface area contributed by atoms with E-state index >= 15 is 0 Å². The highest BCUT2D eigenvalue weighted by Crippen LogP contribution is 2.27. The summed E-state index contributed by atoms with van der Waals surface area (Å²) in [6.07, 6.45) is 2.63. The van der Waals surface area contributed by atoms with Gasteiger partial charge in [0.25, 0.3) is 0 Å². The van der Waals surface area contributed by atoms with Gasteiger partial charge in [-0.2, -0.15) is 0 Å². The Morgan fingerprint density at radius 2 is 2.33 bits per heavy atom. The second kappa shape index (κ2) is 5.70. The van der Waals surface area contributed by atoms with Crippen LogP contribution in [-0.4, -0.2) is 15.7 Å². The van der Waals surface area contributed by atoms with Crippen molar-refractivity contribution in [2.75, 3.05) is 5.75 Å². The van der Waals surface area contributed by atoms with Gasteiger partial charge in [-0.05, 0) is 24.2 Å². The topological polar surface area (TPSA) is 56.0 Å². The minimum absolute atomic E-state index is 0.103. The van der Waals surface area contributed by atoms with Crippen LogP contribution in [0.15, 0.2) is 23.4 Å². The van der Waals surface area contributed by atoms with E-state index in [0.717, 1.165) is 12.2 Å². The summed E-state index contributed by atoms with van der Waals surface area (Å²) in [6, 6.07) is 3.08. The maximum absolute atomic E-state index is 10.7. The van der Waals surface area contributed by atoms with Gasteiger partial charge >= 0.3 is 5.69 Å². The molecule has 0 radical (unpaired) electrons. The van der Waals surface area contributed by atoms with Crippen molar-refractivity contribution in [2.45, 2.75) is 25.3 Å². The highest BCUT2D eigenvalue weighted by molar-refractivity contribution is 7.99. The zero-order valence-electron chi connectivity index (χ0n) is 8.84. The standard InChI is InChI=1S/C10H14N2O2S/c1-8(2)5-7-15-10-9(12(13)14)4-3-6-11-10/h3-4,6,8H,5,7H2,1-2H3. The first-order valence-electron chi connectivity index (χ1n) is 4.83. The molecule has 0 aliphatic heterocycles. The number of nitrogens with zero attached hydrogens (tertiary/aromatic N) is 2. The van der Waals surface area contributed by atoms with Crippen molar-refractivity contribution in [1.82, 2.24) is 4.98 Å². The Balaban J connectivity index is 2.63. The van der Waals surface area contributed by atoms with Crippen LogP contribution in [-0.2, 0) is 0 Å². The van der Waals surface area contributed by atoms with Crippen LogP contribution in [0.3, 0.4) is 0 Å². The van der Waals surface area contributed by atoms with Crippen LogP contribution in [0.5, 0.6) is 0 Å². The van der Waals surface area contributed by atoms with Crippen LogP contribution in [0, 0.1) is 16.0 Å². The van der Waals surface area contributed by atoms with Crippen molar-refractivity contribution in [3.8, 4) is 0 Å². The summed E-state index contributed by atoms with van der Waals surface area (Å²) in [4.78, 5) is 14.3. The number of pyridine rings is 1. The van der Waals surface area contributed by atoms with Gasteiger partial charge in [0.2, 0.25) is 0 Å². The predicted octanol–water partition coefficient (Wildman–Crippen LogP) is 3.13. The Labute approximate surface area is 93.3 Å². The highest BCUT2D eigenvalue weighted by atomic mass is 32.2. The number of aromatic nitrogens is 1. The molecule has 0 fully saturated rings. The molecule has 0 amide bonds. The first kappa shape index (κ1) is 12.0. The molecule has 1 rings (SSSR count). The van der Waals surface area contributed by atoms with Crippen LogP contribution >= 0.6 is 11.8 Å². The molecule has 0 N–H and O–H groups in total. The van der Waals surface area contributed by atoms with Gasteiger partial charge in [0.05, 0.1) is 4.92 Å². The molecule has 0 aliphatic rings. The minimum atomic E-state index is -0.384. The van der Waals surface area contributed by atoms with E-state index in [1.54, 1.807) is 12.3 Å². The van der Waals surface area contributed by atoms with Gasteiger partial charge in [-0.3, -0.25) is 10.1 Å². The van der Waals surface area contributed by atoms with Crippen LogP contribution in [0.4, 0.5) is 5.69 Å². The van der Waals surface area contributed by atoms with Crippen molar-refractivity contribution in [3.63, 3.8) is 0 Å². The molecular weight excluding hydrogens is 212 g/mol. The highest BCUT2D eigenvalue weighted by Gasteiger charge is 2.13. The lowest BCUT2D eigenvalue weighted by atomic mass is 10.2. The second-order valence-electron chi connectivity index (χ2n) is 3.62. The number of hydrogen-bond donors (Lipinski definition) is 0. The number of hydrogen-bond acceptors (Lipinski definition) is 4. The van der Waals surface area contributed by atoms with E-state index in [2.05, 4.69) is 18.8 Å². The molecule has 0 bridgehead atoms. The van der Waals surface area contributed by atoms with E-state index in [1.165, 1.54) is 17.8 Å². The largest absolute Gasteiger partial charge is 0.301 e. The molecule has 4 nitrogen and oxygen atoms in total. The Kier molecular flexibility index (Phi) is 4.55. The monoisotopic (exact) mass is 226 g/mol. The lowest BCUT2D eigenvalue weighted by Crippen LogP contribution is -1.95.